The van der Waals surface area contributed by atoms with E-state index in [1.165, 1.54) is 49.8 Å². The van der Waals surface area contributed by atoms with Crippen LogP contribution in [0.4, 0.5) is 5.69 Å². The van der Waals surface area contributed by atoms with Crippen molar-refractivity contribution in [2.24, 2.45) is 29.1 Å². The SMILES string of the molecule is [2H]C1([2H])C2(C3CCC4CC(C3)CC2C4)C(C)N(c2ccccc2C)C1(C)C. The fraction of sp³-hybridized carbons (Fsp3) is 0.750. The normalized spacial score (nSPS) is 47.7. The van der Waals surface area contributed by atoms with Gasteiger partial charge in [0.2, 0.25) is 0 Å². The molecule has 1 aromatic carbocycles. The number of nitrogens with zero attached hydrogens (tertiary/aromatic N) is 1. The van der Waals surface area contributed by atoms with Crippen LogP contribution in [0.15, 0.2) is 24.3 Å². The number of para-hydroxylation sites is 1. The van der Waals surface area contributed by atoms with E-state index in [0.29, 0.717) is 11.8 Å². The van der Waals surface area contributed by atoms with Crippen molar-refractivity contribution in [3.05, 3.63) is 29.8 Å². The topological polar surface area (TPSA) is 3.24 Å². The minimum Gasteiger partial charge on any atom is -0.363 e. The summed E-state index contributed by atoms with van der Waals surface area (Å²) in [6, 6.07) is 8.87. The Morgan fingerprint density at radius 1 is 1.00 bits per heavy atom. The molecule has 4 saturated carbocycles. The van der Waals surface area contributed by atoms with Crippen LogP contribution in [-0.2, 0) is 0 Å². The molecule has 25 heavy (non-hydrogen) atoms. The standard InChI is InChI=1S/C24H35N/c1-16-7-5-6-8-22(16)25-17(2)24(15-23(25,3)4)20-10-9-18-11-19(13-20)14-21(24)12-18/h5-8,17-21H,9-15H2,1-4H3/i15D2. The van der Waals surface area contributed by atoms with Crippen molar-refractivity contribution >= 4 is 5.69 Å². The lowest BCUT2D eigenvalue weighted by atomic mass is 9.51. The average Bonchev–Trinajstić information content (AvgIpc) is 2.74. The van der Waals surface area contributed by atoms with E-state index in [0.717, 1.165) is 11.8 Å². The minimum atomic E-state index is -1.19. The molecule has 6 rings (SSSR count). The predicted molar refractivity (Wildman–Crippen MR) is 106 cm³/mol. The largest absolute Gasteiger partial charge is 0.363 e. The van der Waals surface area contributed by atoms with Gasteiger partial charge in [0.05, 0.1) is 0 Å². The molecule has 1 aromatic rings. The van der Waals surface area contributed by atoms with Gasteiger partial charge in [-0.2, -0.15) is 0 Å². The Balaban J connectivity index is 1.71. The van der Waals surface area contributed by atoms with Crippen molar-refractivity contribution in [2.75, 3.05) is 4.90 Å². The van der Waals surface area contributed by atoms with Gasteiger partial charge in [-0.3, -0.25) is 0 Å². The van der Waals surface area contributed by atoms with E-state index in [4.69, 9.17) is 0 Å². The summed E-state index contributed by atoms with van der Waals surface area (Å²) in [5.74, 6) is 2.83. The Kier molecular flexibility index (Phi) is 2.98. The van der Waals surface area contributed by atoms with Gasteiger partial charge in [-0.1, -0.05) is 24.6 Å². The first-order valence-electron chi connectivity index (χ1n) is 11.6. The smallest absolute Gasteiger partial charge is 0.0402 e. The summed E-state index contributed by atoms with van der Waals surface area (Å²) >= 11 is 0. The molecule has 5 aliphatic rings. The van der Waals surface area contributed by atoms with Gasteiger partial charge in [0.25, 0.3) is 0 Å². The van der Waals surface area contributed by atoms with Crippen molar-refractivity contribution in [3.8, 4) is 0 Å². The number of hydrogen-bond donors (Lipinski definition) is 0. The second-order valence-corrected chi connectivity index (χ2v) is 10.1. The lowest BCUT2D eigenvalue weighted by molar-refractivity contribution is -0.0331. The van der Waals surface area contributed by atoms with Crippen LogP contribution in [0, 0.1) is 36.0 Å². The summed E-state index contributed by atoms with van der Waals surface area (Å²) in [6.07, 6.45) is 6.64. The van der Waals surface area contributed by atoms with Crippen LogP contribution in [0.2, 0.25) is 0 Å². The maximum Gasteiger partial charge on any atom is 0.0402 e. The summed E-state index contributed by atoms with van der Waals surface area (Å²) in [4.78, 5) is 2.49. The molecular weight excluding hydrogens is 302 g/mol. The molecular formula is C24H35N. The van der Waals surface area contributed by atoms with E-state index >= 15 is 0 Å². The molecule has 6 atom stereocenters. The molecule has 6 unspecified atom stereocenters. The molecule has 0 radical (unpaired) electrons. The highest BCUT2D eigenvalue weighted by molar-refractivity contribution is 5.58. The van der Waals surface area contributed by atoms with E-state index in [9.17, 15) is 2.74 Å². The van der Waals surface area contributed by atoms with Gasteiger partial charge in [-0.15, -0.1) is 0 Å². The molecule has 136 valence electrons. The Hall–Kier alpha value is -0.980. The highest BCUT2D eigenvalue weighted by atomic mass is 15.3. The second kappa shape index (κ2) is 5.27. The zero-order chi connectivity index (χ0) is 19.2. The molecule has 0 aromatic heterocycles. The number of rotatable bonds is 1. The summed E-state index contributed by atoms with van der Waals surface area (Å²) in [5, 5.41) is 0. The van der Waals surface area contributed by atoms with E-state index in [2.05, 4.69) is 56.9 Å². The lowest BCUT2D eigenvalue weighted by Gasteiger charge is -2.54. The van der Waals surface area contributed by atoms with Crippen molar-refractivity contribution < 1.29 is 2.74 Å². The Morgan fingerprint density at radius 3 is 2.52 bits per heavy atom. The number of hydrogen-bond acceptors (Lipinski definition) is 1. The quantitative estimate of drug-likeness (QED) is 0.588. The van der Waals surface area contributed by atoms with Gasteiger partial charge in [-0.25, -0.2) is 0 Å². The van der Waals surface area contributed by atoms with Crippen LogP contribution in [0.25, 0.3) is 0 Å². The molecule has 4 aliphatic carbocycles. The fourth-order valence-electron chi connectivity index (χ4n) is 7.73. The summed E-state index contributed by atoms with van der Waals surface area (Å²) in [5.41, 5.74) is 1.81. The van der Waals surface area contributed by atoms with Crippen LogP contribution < -0.4 is 4.90 Å². The Morgan fingerprint density at radius 2 is 1.72 bits per heavy atom. The molecule has 1 saturated heterocycles. The second-order valence-electron chi connectivity index (χ2n) is 10.1. The van der Waals surface area contributed by atoms with Crippen LogP contribution in [0.1, 0.15) is 74.0 Å². The molecule has 1 aliphatic heterocycles. The van der Waals surface area contributed by atoms with Crippen LogP contribution >= 0.6 is 0 Å². The minimum absolute atomic E-state index is 0.204. The average molecular weight is 340 g/mol. The Labute approximate surface area is 157 Å². The first-order chi connectivity index (χ1) is 12.7. The summed E-state index contributed by atoms with van der Waals surface area (Å²) in [7, 11) is 0. The maximum atomic E-state index is 9.61. The first kappa shape index (κ1) is 14.1. The van der Waals surface area contributed by atoms with Gasteiger partial charge >= 0.3 is 0 Å². The first-order valence-corrected chi connectivity index (χ1v) is 10.6. The van der Waals surface area contributed by atoms with E-state index < -0.39 is 11.9 Å². The zero-order valence-electron chi connectivity index (χ0n) is 18.4. The van der Waals surface area contributed by atoms with Gasteiger partial charge in [0, 0.05) is 20.0 Å². The van der Waals surface area contributed by atoms with Crippen molar-refractivity contribution in [3.63, 3.8) is 0 Å². The third-order valence-corrected chi connectivity index (χ3v) is 8.37. The van der Waals surface area contributed by atoms with Crippen molar-refractivity contribution in [1.82, 2.24) is 0 Å². The highest BCUT2D eigenvalue weighted by Crippen LogP contribution is 2.67. The van der Waals surface area contributed by atoms with E-state index in [-0.39, 0.29) is 11.5 Å². The molecule has 4 bridgehead atoms. The fourth-order valence-corrected chi connectivity index (χ4v) is 7.73. The van der Waals surface area contributed by atoms with Crippen molar-refractivity contribution in [2.45, 2.75) is 84.2 Å². The summed E-state index contributed by atoms with van der Waals surface area (Å²) in [6.45, 7) is 8.89. The zero-order valence-corrected chi connectivity index (χ0v) is 16.4. The van der Waals surface area contributed by atoms with Gasteiger partial charge in [0.1, 0.15) is 0 Å². The number of aryl methyl sites for hydroxylation is 1. The van der Waals surface area contributed by atoms with Crippen LogP contribution in [-0.4, -0.2) is 11.6 Å². The molecule has 1 spiro atoms. The molecule has 0 amide bonds. The third kappa shape index (κ3) is 2.14. The third-order valence-electron chi connectivity index (χ3n) is 8.37. The number of anilines is 1. The number of fused-ring (bicyclic) bond motifs is 1. The molecule has 1 heterocycles. The predicted octanol–water partition coefficient (Wildman–Crippen LogP) is 6.20. The molecule has 1 heteroatoms. The van der Waals surface area contributed by atoms with E-state index in [1.54, 1.807) is 0 Å². The maximum absolute atomic E-state index is 9.61. The highest BCUT2D eigenvalue weighted by Gasteiger charge is 2.64. The Bertz CT molecular complexity index is 747. The van der Waals surface area contributed by atoms with Crippen molar-refractivity contribution in [1.29, 1.82) is 0 Å². The lowest BCUT2D eigenvalue weighted by Crippen LogP contribution is -2.52. The summed E-state index contributed by atoms with van der Waals surface area (Å²) < 4.78 is 19.2. The number of benzene rings is 1. The van der Waals surface area contributed by atoms with Gasteiger partial charge in [-0.05, 0) is 107 Å². The monoisotopic (exact) mass is 339 g/mol. The molecule has 5 fully saturated rings. The molecule has 0 N–H and O–H groups in total. The molecule has 1 nitrogen and oxygen atoms in total. The van der Waals surface area contributed by atoms with Gasteiger partial charge in [0.15, 0.2) is 0 Å². The van der Waals surface area contributed by atoms with Gasteiger partial charge < -0.3 is 4.90 Å². The van der Waals surface area contributed by atoms with Crippen LogP contribution in [0.5, 0.6) is 0 Å². The van der Waals surface area contributed by atoms with E-state index in [1.807, 2.05) is 0 Å². The van der Waals surface area contributed by atoms with Crippen LogP contribution in [0.3, 0.4) is 0 Å².